The Labute approximate surface area is 124 Å². The maximum atomic E-state index is 12.4. The number of anilines is 2. The molecule has 0 fully saturated rings. The molecule has 4 nitrogen and oxygen atoms in total. The number of nitrogen functional groups attached to an aromatic ring is 1. The number of hydrogen-bond donors (Lipinski definition) is 2. The molecular weight excluding hydrogens is 264 g/mol. The molecule has 1 amide bonds. The fourth-order valence-corrected chi connectivity index (χ4v) is 2.15. The summed E-state index contributed by atoms with van der Waals surface area (Å²) < 4.78 is 5.10. The Morgan fingerprint density at radius 3 is 2.76 bits per heavy atom. The van der Waals surface area contributed by atoms with E-state index >= 15 is 0 Å². The van der Waals surface area contributed by atoms with Gasteiger partial charge in [-0.05, 0) is 42.7 Å². The highest BCUT2D eigenvalue weighted by atomic mass is 16.5. The molecule has 0 atom stereocenters. The molecule has 0 saturated carbocycles. The van der Waals surface area contributed by atoms with E-state index in [1.54, 1.807) is 19.2 Å². The van der Waals surface area contributed by atoms with E-state index in [1.807, 2.05) is 37.3 Å². The first kappa shape index (κ1) is 15.1. The van der Waals surface area contributed by atoms with Gasteiger partial charge in [-0.2, -0.15) is 0 Å². The lowest BCUT2D eigenvalue weighted by atomic mass is 10.1. The molecule has 2 aromatic carbocycles. The molecule has 110 valence electrons. The second-order valence-corrected chi connectivity index (χ2v) is 4.93. The van der Waals surface area contributed by atoms with Gasteiger partial charge in [-0.1, -0.05) is 24.3 Å². The van der Waals surface area contributed by atoms with Crippen molar-refractivity contribution in [2.45, 2.75) is 13.3 Å². The number of nitrogens with two attached hydrogens (primary N) is 1. The number of benzene rings is 2. The molecule has 0 radical (unpaired) electrons. The van der Waals surface area contributed by atoms with Crippen LogP contribution in [0.1, 0.15) is 21.5 Å². The second kappa shape index (κ2) is 6.90. The normalized spacial score (nSPS) is 10.4. The first-order valence-electron chi connectivity index (χ1n) is 6.86. The van der Waals surface area contributed by atoms with E-state index in [-0.39, 0.29) is 5.91 Å². The van der Waals surface area contributed by atoms with Crippen molar-refractivity contribution in [3.05, 3.63) is 59.2 Å². The summed E-state index contributed by atoms with van der Waals surface area (Å²) in [6.45, 7) is 2.51. The van der Waals surface area contributed by atoms with E-state index in [1.165, 1.54) is 0 Å². The third-order valence-electron chi connectivity index (χ3n) is 3.35. The maximum Gasteiger partial charge on any atom is 0.256 e. The van der Waals surface area contributed by atoms with Gasteiger partial charge in [0.25, 0.3) is 5.91 Å². The van der Waals surface area contributed by atoms with Gasteiger partial charge >= 0.3 is 0 Å². The number of aryl methyl sites for hydroxylation is 1. The number of carbonyl (C=O) groups excluding carboxylic acids is 1. The number of methoxy groups -OCH3 is 1. The summed E-state index contributed by atoms with van der Waals surface area (Å²) in [7, 11) is 1.66. The fourth-order valence-electron chi connectivity index (χ4n) is 2.15. The SMILES string of the molecule is COCCc1ccccc1NC(=O)c1cc(N)ccc1C. The van der Waals surface area contributed by atoms with Gasteiger partial charge in [0, 0.05) is 24.0 Å². The van der Waals surface area contributed by atoms with Gasteiger partial charge in [0.1, 0.15) is 0 Å². The predicted octanol–water partition coefficient (Wildman–Crippen LogP) is 3.02. The lowest BCUT2D eigenvalue weighted by Gasteiger charge is -2.12. The Morgan fingerprint density at radius 2 is 2.00 bits per heavy atom. The van der Waals surface area contributed by atoms with E-state index in [0.29, 0.717) is 17.9 Å². The minimum atomic E-state index is -0.148. The lowest BCUT2D eigenvalue weighted by Crippen LogP contribution is -2.15. The number of ether oxygens (including phenoxy) is 1. The quantitative estimate of drug-likeness (QED) is 0.829. The zero-order chi connectivity index (χ0) is 15.2. The number of rotatable bonds is 5. The maximum absolute atomic E-state index is 12.4. The molecule has 0 aliphatic rings. The monoisotopic (exact) mass is 284 g/mol. The number of hydrogen-bond acceptors (Lipinski definition) is 3. The first-order valence-corrected chi connectivity index (χ1v) is 6.86. The molecule has 0 unspecified atom stereocenters. The number of amides is 1. The summed E-state index contributed by atoms with van der Waals surface area (Å²) in [6.07, 6.45) is 0.753. The fraction of sp³-hybridized carbons (Fsp3) is 0.235. The van der Waals surface area contributed by atoms with Crippen LogP contribution in [0.25, 0.3) is 0 Å². The van der Waals surface area contributed by atoms with E-state index < -0.39 is 0 Å². The van der Waals surface area contributed by atoms with Crippen molar-refractivity contribution in [3.63, 3.8) is 0 Å². The van der Waals surface area contributed by atoms with Crippen molar-refractivity contribution >= 4 is 17.3 Å². The van der Waals surface area contributed by atoms with Crippen LogP contribution < -0.4 is 11.1 Å². The molecule has 4 heteroatoms. The van der Waals surface area contributed by atoms with Crippen LogP contribution in [0.3, 0.4) is 0 Å². The molecule has 0 aromatic heterocycles. The third kappa shape index (κ3) is 3.83. The topological polar surface area (TPSA) is 64.3 Å². The van der Waals surface area contributed by atoms with E-state index in [0.717, 1.165) is 23.2 Å². The average Bonchev–Trinajstić information content (AvgIpc) is 2.48. The predicted molar refractivity (Wildman–Crippen MR) is 85.6 cm³/mol. The minimum absolute atomic E-state index is 0.148. The van der Waals surface area contributed by atoms with Crippen molar-refractivity contribution < 1.29 is 9.53 Å². The average molecular weight is 284 g/mol. The zero-order valence-electron chi connectivity index (χ0n) is 12.3. The highest BCUT2D eigenvalue weighted by Crippen LogP contribution is 2.19. The van der Waals surface area contributed by atoms with Crippen molar-refractivity contribution in [1.82, 2.24) is 0 Å². The van der Waals surface area contributed by atoms with Crippen molar-refractivity contribution in [2.24, 2.45) is 0 Å². The number of nitrogens with one attached hydrogen (secondary N) is 1. The van der Waals surface area contributed by atoms with Crippen LogP contribution in [0.5, 0.6) is 0 Å². The summed E-state index contributed by atoms with van der Waals surface area (Å²) in [5.41, 5.74) is 9.69. The Hall–Kier alpha value is -2.33. The van der Waals surface area contributed by atoms with E-state index in [9.17, 15) is 4.79 Å². The number of para-hydroxylation sites is 1. The van der Waals surface area contributed by atoms with Gasteiger partial charge in [-0.15, -0.1) is 0 Å². The largest absolute Gasteiger partial charge is 0.399 e. The van der Waals surface area contributed by atoms with Crippen LogP contribution in [-0.2, 0) is 11.2 Å². The Balaban J connectivity index is 2.21. The molecule has 0 aliphatic carbocycles. The molecule has 0 aliphatic heterocycles. The van der Waals surface area contributed by atoms with Gasteiger partial charge in [0.05, 0.1) is 6.61 Å². The van der Waals surface area contributed by atoms with Crippen LogP contribution in [0.2, 0.25) is 0 Å². The van der Waals surface area contributed by atoms with Gasteiger partial charge in [0.2, 0.25) is 0 Å². The van der Waals surface area contributed by atoms with Gasteiger partial charge < -0.3 is 15.8 Å². The van der Waals surface area contributed by atoms with Crippen LogP contribution in [-0.4, -0.2) is 19.6 Å². The summed E-state index contributed by atoms with van der Waals surface area (Å²) >= 11 is 0. The number of carbonyl (C=O) groups is 1. The Bertz CT molecular complexity index is 638. The summed E-state index contributed by atoms with van der Waals surface area (Å²) in [5, 5.41) is 2.95. The summed E-state index contributed by atoms with van der Waals surface area (Å²) in [6, 6.07) is 13.1. The van der Waals surface area contributed by atoms with Crippen LogP contribution in [0.4, 0.5) is 11.4 Å². The Kier molecular flexibility index (Phi) is 4.95. The van der Waals surface area contributed by atoms with E-state index in [2.05, 4.69) is 5.32 Å². The highest BCUT2D eigenvalue weighted by molar-refractivity contribution is 6.06. The highest BCUT2D eigenvalue weighted by Gasteiger charge is 2.11. The zero-order valence-corrected chi connectivity index (χ0v) is 12.3. The molecule has 2 rings (SSSR count). The molecular formula is C17H20N2O2. The molecule has 3 N–H and O–H groups in total. The van der Waals surface area contributed by atoms with Crippen LogP contribution >= 0.6 is 0 Å². The van der Waals surface area contributed by atoms with Crippen molar-refractivity contribution in [3.8, 4) is 0 Å². The second-order valence-electron chi connectivity index (χ2n) is 4.93. The molecule has 0 bridgehead atoms. The summed E-state index contributed by atoms with van der Waals surface area (Å²) in [4.78, 5) is 12.4. The molecule has 0 saturated heterocycles. The van der Waals surface area contributed by atoms with Gasteiger partial charge in [-0.3, -0.25) is 4.79 Å². The third-order valence-corrected chi connectivity index (χ3v) is 3.35. The standard InChI is InChI=1S/C17H20N2O2/c1-12-7-8-14(18)11-15(12)17(20)19-16-6-4-3-5-13(16)9-10-21-2/h3-8,11H,9-10,18H2,1-2H3,(H,19,20). The van der Waals surface area contributed by atoms with Crippen molar-refractivity contribution in [2.75, 3.05) is 24.8 Å². The van der Waals surface area contributed by atoms with E-state index in [4.69, 9.17) is 10.5 Å². The Morgan fingerprint density at radius 1 is 1.24 bits per heavy atom. The van der Waals surface area contributed by atoms with Gasteiger partial charge in [-0.25, -0.2) is 0 Å². The molecule has 21 heavy (non-hydrogen) atoms. The molecule has 0 spiro atoms. The van der Waals surface area contributed by atoms with Gasteiger partial charge in [0.15, 0.2) is 0 Å². The molecule has 2 aromatic rings. The smallest absolute Gasteiger partial charge is 0.256 e. The van der Waals surface area contributed by atoms with Crippen LogP contribution in [0.15, 0.2) is 42.5 Å². The lowest BCUT2D eigenvalue weighted by molar-refractivity contribution is 0.102. The van der Waals surface area contributed by atoms with Crippen molar-refractivity contribution in [1.29, 1.82) is 0 Å². The first-order chi connectivity index (χ1) is 10.1. The summed E-state index contributed by atoms with van der Waals surface area (Å²) in [5.74, 6) is -0.148. The molecule has 0 heterocycles. The van der Waals surface area contributed by atoms with Crippen LogP contribution in [0, 0.1) is 6.92 Å². The minimum Gasteiger partial charge on any atom is -0.399 e.